The van der Waals surface area contributed by atoms with Gasteiger partial charge in [0.05, 0.1) is 13.2 Å². The Balaban J connectivity index is 2.00. The minimum Gasteiger partial charge on any atom is -0.497 e. The molecular formula is C21H27NO3. The summed E-state index contributed by atoms with van der Waals surface area (Å²) in [4.78, 5) is 12.6. The number of hydrogen-bond acceptors (Lipinski definition) is 3. The summed E-state index contributed by atoms with van der Waals surface area (Å²) in [5, 5.41) is 3.04. The number of nitrogens with one attached hydrogen (secondary N) is 1. The second-order valence-corrected chi connectivity index (χ2v) is 6.02. The lowest BCUT2D eigenvalue weighted by atomic mass is 10.0. The fraction of sp³-hybridized carbons (Fsp3) is 0.381. The van der Waals surface area contributed by atoms with Crippen LogP contribution in [0.5, 0.6) is 11.5 Å². The molecule has 1 amide bonds. The number of carbonyl (C=O) groups excluding carboxylic acids is 1. The van der Waals surface area contributed by atoms with Gasteiger partial charge in [-0.3, -0.25) is 4.79 Å². The summed E-state index contributed by atoms with van der Waals surface area (Å²) >= 11 is 0. The third-order valence-electron chi connectivity index (χ3n) is 4.23. The predicted octanol–water partition coefficient (Wildman–Crippen LogP) is 4.29. The Labute approximate surface area is 150 Å². The third kappa shape index (κ3) is 5.24. The molecule has 0 spiro atoms. The molecule has 2 aromatic carbocycles. The number of hydrogen-bond donors (Lipinski definition) is 1. The number of methoxy groups -OCH3 is 1. The smallest absolute Gasteiger partial charge is 0.261 e. The van der Waals surface area contributed by atoms with Gasteiger partial charge < -0.3 is 14.8 Å². The number of ether oxygens (including phenoxy) is 2. The van der Waals surface area contributed by atoms with Crippen molar-refractivity contribution in [1.29, 1.82) is 0 Å². The summed E-state index contributed by atoms with van der Waals surface area (Å²) in [6.45, 7) is 6.05. The Morgan fingerprint density at radius 1 is 1.08 bits per heavy atom. The third-order valence-corrected chi connectivity index (χ3v) is 4.23. The number of amides is 1. The van der Waals surface area contributed by atoms with E-state index in [1.54, 1.807) is 13.2 Å². The molecule has 0 fully saturated rings. The quantitative estimate of drug-likeness (QED) is 0.779. The summed E-state index contributed by atoms with van der Waals surface area (Å²) in [5.74, 6) is 1.22. The van der Waals surface area contributed by atoms with Crippen molar-refractivity contribution in [3.8, 4) is 11.5 Å². The fourth-order valence-corrected chi connectivity index (χ4v) is 2.59. The first kappa shape index (κ1) is 18.8. The molecule has 1 N–H and O–H groups in total. The van der Waals surface area contributed by atoms with Crippen LogP contribution < -0.4 is 14.8 Å². The van der Waals surface area contributed by atoms with Crippen molar-refractivity contribution in [2.24, 2.45) is 0 Å². The van der Waals surface area contributed by atoms with Gasteiger partial charge in [-0.2, -0.15) is 0 Å². The van der Waals surface area contributed by atoms with Crippen LogP contribution in [0.3, 0.4) is 0 Å². The second-order valence-electron chi connectivity index (χ2n) is 6.02. The summed E-state index contributed by atoms with van der Waals surface area (Å²) in [6, 6.07) is 15.5. The maximum absolute atomic E-state index is 12.6. The molecule has 134 valence electrons. The highest BCUT2D eigenvalue weighted by atomic mass is 16.5. The van der Waals surface area contributed by atoms with Crippen LogP contribution in [-0.4, -0.2) is 19.1 Å². The van der Waals surface area contributed by atoms with E-state index in [4.69, 9.17) is 9.47 Å². The Morgan fingerprint density at radius 2 is 1.76 bits per heavy atom. The second kappa shape index (κ2) is 9.11. The van der Waals surface area contributed by atoms with Gasteiger partial charge in [0.1, 0.15) is 11.5 Å². The molecule has 0 aromatic heterocycles. The highest BCUT2D eigenvalue weighted by Gasteiger charge is 2.20. The topological polar surface area (TPSA) is 47.6 Å². The molecular weight excluding hydrogens is 314 g/mol. The molecule has 0 radical (unpaired) electrons. The lowest BCUT2D eigenvalue weighted by Gasteiger charge is -2.21. The normalized spacial score (nSPS) is 13.0. The van der Waals surface area contributed by atoms with Gasteiger partial charge in [0.25, 0.3) is 5.91 Å². The number of rotatable bonds is 8. The van der Waals surface area contributed by atoms with Crippen molar-refractivity contribution < 1.29 is 14.3 Å². The lowest BCUT2D eigenvalue weighted by Crippen LogP contribution is -2.39. The van der Waals surface area contributed by atoms with E-state index in [2.05, 4.69) is 36.5 Å². The highest BCUT2D eigenvalue weighted by molar-refractivity contribution is 5.81. The SMILES string of the molecule is CCc1ccc([C@@H](C)NC(=O)[C@H](CC)Oc2cccc(OC)c2)cc1. The van der Waals surface area contributed by atoms with Gasteiger partial charge in [0.2, 0.25) is 0 Å². The zero-order chi connectivity index (χ0) is 18.2. The van der Waals surface area contributed by atoms with Gasteiger partial charge in [-0.1, -0.05) is 44.2 Å². The monoisotopic (exact) mass is 341 g/mol. The molecule has 0 saturated carbocycles. The van der Waals surface area contributed by atoms with Crippen molar-refractivity contribution in [3.63, 3.8) is 0 Å². The van der Waals surface area contributed by atoms with Crippen molar-refractivity contribution in [1.82, 2.24) is 5.32 Å². The summed E-state index contributed by atoms with van der Waals surface area (Å²) < 4.78 is 11.0. The molecule has 0 saturated heterocycles. The average Bonchev–Trinajstić information content (AvgIpc) is 2.66. The van der Waals surface area contributed by atoms with E-state index in [1.165, 1.54) is 5.56 Å². The first-order chi connectivity index (χ1) is 12.1. The zero-order valence-electron chi connectivity index (χ0n) is 15.4. The number of benzene rings is 2. The van der Waals surface area contributed by atoms with E-state index >= 15 is 0 Å². The van der Waals surface area contributed by atoms with E-state index in [-0.39, 0.29) is 11.9 Å². The molecule has 0 heterocycles. The molecule has 4 heteroatoms. The first-order valence-electron chi connectivity index (χ1n) is 8.77. The minimum atomic E-state index is -0.538. The summed E-state index contributed by atoms with van der Waals surface area (Å²) in [5.41, 5.74) is 2.37. The average molecular weight is 341 g/mol. The Morgan fingerprint density at radius 3 is 2.36 bits per heavy atom. The van der Waals surface area contributed by atoms with E-state index in [1.807, 2.05) is 32.0 Å². The van der Waals surface area contributed by atoms with Crippen LogP contribution in [0.2, 0.25) is 0 Å². The van der Waals surface area contributed by atoms with Crippen LogP contribution in [0.25, 0.3) is 0 Å². The maximum Gasteiger partial charge on any atom is 0.261 e. The number of carbonyl (C=O) groups is 1. The van der Waals surface area contributed by atoms with Crippen molar-refractivity contribution in [2.75, 3.05) is 7.11 Å². The largest absolute Gasteiger partial charge is 0.497 e. The van der Waals surface area contributed by atoms with E-state index in [9.17, 15) is 4.79 Å². The molecule has 0 unspecified atom stereocenters. The van der Waals surface area contributed by atoms with Crippen LogP contribution in [0.4, 0.5) is 0 Å². The zero-order valence-corrected chi connectivity index (χ0v) is 15.4. The van der Waals surface area contributed by atoms with Crippen LogP contribution in [-0.2, 0) is 11.2 Å². The lowest BCUT2D eigenvalue weighted by molar-refractivity contribution is -0.128. The molecule has 0 aliphatic heterocycles. The first-order valence-corrected chi connectivity index (χ1v) is 8.77. The molecule has 2 aromatic rings. The minimum absolute atomic E-state index is 0.0682. The van der Waals surface area contributed by atoms with Crippen molar-refractivity contribution in [2.45, 2.75) is 45.8 Å². The van der Waals surface area contributed by atoms with E-state index < -0.39 is 6.10 Å². The molecule has 0 aliphatic carbocycles. The molecule has 0 aliphatic rings. The van der Waals surface area contributed by atoms with Crippen LogP contribution >= 0.6 is 0 Å². The molecule has 2 rings (SSSR count). The van der Waals surface area contributed by atoms with Gasteiger partial charge in [-0.15, -0.1) is 0 Å². The van der Waals surface area contributed by atoms with Crippen molar-refractivity contribution >= 4 is 5.91 Å². The van der Waals surface area contributed by atoms with Gasteiger partial charge >= 0.3 is 0 Å². The van der Waals surface area contributed by atoms with Gasteiger partial charge in [0, 0.05) is 6.07 Å². The molecule has 2 atom stereocenters. The Hall–Kier alpha value is -2.49. The van der Waals surface area contributed by atoms with Crippen LogP contribution in [0.1, 0.15) is 44.4 Å². The Bertz CT molecular complexity index is 682. The molecule has 4 nitrogen and oxygen atoms in total. The van der Waals surface area contributed by atoms with Crippen LogP contribution in [0, 0.1) is 0 Å². The highest BCUT2D eigenvalue weighted by Crippen LogP contribution is 2.21. The Kier molecular flexibility index (Phi) is 6.87. The molecule has 25 heavy (non-hydrogen) atoms. The predicted molar refractivity (Wildman–Crippen MR) is 100 cm³/mol. The molecule has 0 bridgehead atoms. The van der Waals surface area contributed by atoms with Gasteiger partial charge in [-0.05, 0) is 43.0 Å². The van der Waals surface area contributed by atoms with E-state index in [0.29, 0.717) is 17.9 Å². The standard InChI is InChI=1S/C21H27NO3/c1-5-16-10-12-17(13-11-16)15(3)22-21(23)20(6-2)25-19-9-7-8-18(14-19)24-4/h7-15,20H,5-6H2,1-4H3,(H,22,23)/t15-,20+/m1/s1. The maximum atomic E-state index is 12.6. The summed E-state index contributed by atoms with van der Waals surface area (Å²) in [7, 11) is 1.61. The summed E-state index contributed by atoms with van der Waals surface area (Å²) in [6.07, 6.45) is 1.06. The van der Waals surface area contributed by atoms with Gasteiger partial charge in [0.15, 0.2) is 6.10 Å². The van der Waals surface area contributed by atoms with Crippen LogP contribution in [0.15, 0.2) is 48.5 Å². The van der Waals surface area contributed by atoms with E-state index in [0.717, 1.165) is 12.0 Å². The number of aryl methyl sites for hydroxylation is 1. The van der Waals surface area contributed by atoms with Crippen molar-refractivity contribution in [3.05, 3.63) is 59.7 Å². The fourth-order valence-electron chi connectivity index (χ4n) is 2.59. The van der Waals surface area contributed by atoms with Gasteiger partial charge in [-0.25, -0.2) is 0 Å².